The number of hydrogen-bond acceptors (Lipinski definition) is 2. The molecule has 0 radical (unpaired) electrons. The first-order valence-electron chi connectivity index (χ1n) is 3.96. The maximum absolute atomic E-state index is 10.6. The predicted octanol–water partition coefficient (Wildman–Crippen LogP) is 1.58. The molecule has 1 aromatic heterocycles. The molecule has 1 aromatic rings. The second kappa shape index (κ2) is 3.43. The third kappa shape index (κ3) is 1.77. The van der Waals surface area contributed by atoms with Crippen LogP contribution in [0.15, 0.2) is 12.3 Å². The number of hydrogen-bond donors (Lipinski definition) is 1. The summed E-state index contributed by atoms with van der Waals surface area (Å²) in [5.74, 6) is -1.01. The first kappa shape index (κ1) is 9.51. The number of carboxylic acids is 1. The highest BCUT2D eigenvalue weighted by Gasteiger charge is 2.11. The molecule has 4 heteroatoms. The molecule has 0 aliphatic rings. The monoisotopic (exact) mass is 181 g/mol. The lowest BCUT2D eigenvalue weighted by Crippen LogP contribution is -2.03. The standard InChI is InChI=1S/C9H11NO3/c1-6(2)10-4-7(9(12)13)3-8(10)5-11/h3-6H,1-2H3,(H,12,13). The predicted molar refractivity (Wildman–Crippen MR) is 47.2 cm³/mol. The van der Waals surface area contributed by atoms with E-state index in [1.54, 1.807) is 4.57 Å². The van der Waals surface area contributed by atoms with Crippen LogP contribution in [-0.4, -0.2) is 21.9 Å². The van der Waals surface area contributed by atoms with Crippen molar-refractivity contribution >= 4 is 12.3 Å². The van der Waals surface area contributed by atoms with Crippen LogP contribution in [0.5, 0.6) is 0 Å². The van der Waals surface area contributed by atoms with Crippen molar-refractivity contribution in [2.24, 2.45) is 0 Å². The lowest BCUT2D eigenvalue weighted by atomic mass is 10.3. The molecular weight excluding hydrogens is 170 g/mol. The number of aromatic carboxylic acids is 1. The second-order valence-electron chi connectivity index (χ2n) is 3.08. The van der Waals surface area contributed by atoms with Crippen LogP contribution in [-0.2, 0) is 0 Å². The Morgan fingerprint density at radius 1 is 1.62 bits per heavy atom. The van der Waals surface area contributed by atoms with E-state index in [2.05, 4.69) is 0 Å². The van der Waals surface area contributed by atoms with Crippen LogP contribution in [0.1, 0.15) is 40.7 Å². The number of rotatable bonds is 3. The molecule has 0 bridgehead atoms. The molecule has 0 aliphatic heterocycles. The van der Waals surface area contributed by atoms with E-state index in [4.69, 9.17) is 5.11 Å². The number of carboxylic acid groups (broad SMARTS) is 1. The van der Waals surface area contributed by atoms with Gasteiger partial charge < -0.3 is 9.67 Å². The Balaban J connectivity index is 3.19. The van der Waals surface area contributed by atoms with Gasteiger partial charge in [-0.15, -0.1) is 0 Å². The molecule has 0 spiro atoms. The average molecular weight is 181 g/mol. The summed E-state index contributed by atoms with van der Waals surface area (Å²) in [6, 6.07) is 1.46. The van der Waals surface area contributed by atoms with Crippen LogP contribution in [0.2, 0.25) is 0 Å². The molecule has 4 nitrogen and oxygen atoms in total. The van der Waals surface area contributed by atoms with Crippen LogP contribution in [0.3, 0.4) is 0 Å². The third-order valence-corrected chi connectivity index (χ3v) is 1.80. The van der Waals surface area contributed by atoms with Gasteiger partial charge in [-0.2, -0.15) is 0 Å². The number of nitrogens with zero attached hydrogens (tertiary/aromatic N) is 1. The van der Waals surface area contributed by atoms with Gasteiger partial charge >= 0.3 is 5.97 Å². The van der Waals surface area contributed by atoms with Gasteiger partial charge in [0, 0.05) is 12.2 Å². The fourth-order valence-electron chi connectivity index (χ4n) is 1.15. The normalized spacial score (nSPS) is 10.4. The largest absolute Gasteiger partial charge is 0.478 e. The van der Waals surface area contributed by atoms with Crippen molar-refractivity contribution in [3.8, 4) is 0 Å². The molecule has 0 atom stereocenters. The fourth-order valence-corrected chi connectivity index (χ4v) is 1.15. The molecule has 70 valence electrons. The molecular formula is C9H11NO3. The topological polar surface area (TPSA) is 59.3 Å². The Labute approximate surface area is 75.8 Å². The van der Waals surface area contributed by atoms with E-state index in [0.717, 1.165) is 0 Å². The molecule has 1 N–H and O–H groups in total. The summed E-state index contributed by atoms with van der Waals surface area (Å²) in [6.45, 7) is 3.78. The van der Waals surface area contributed by atoms with Gasteiger partial charge in [0.25, 0.3) is 0 Å². The van der Waals surface area contributed by atoms with Gasteiger partial charge in [0.15, 0.2) is 6.29 Å². The highest BCUT2D eigenvalue weighted by atomic mass is 16.4. The molecule has 13 heavy (non-hydrogen) atoms. The van der Waals surface area contributed by atoms with Crippen LogP contribution < -0.4 is 0 Å². The molecule has 0 aliphatic carbocycles. The van der Waals surface area contributed by atoms with E-state index in [-0.39, 0.29) is 11.6 Å². The zero-order valence-corrected chi connectivity index (χ0v) is 7.52. The van der Waals surface area contributed by atoms with Gasteiger partial charge in [-0.05, 0) is 19.9 Å². The fraction of sp³-hybridized carbons (Fsp3) is 0.333. The van der Waals surface area contributed by atoms with E-state index in [0.29, 0.717) is 12.0 Å². The lowest BCUT2D eigenvalue weighted by molar-refractivity contribution is 0.0697. The van der Waals surface area contributed by atoms with Crippen LogP contribution in [0, 0.1) is 0 Å². The van der Waals surface area contributed by atoms with Crippen molar-refractivity contribution in [3.05, 3.63) is 23.5 Å². The van der Waals surface area contributed by atoms with Gasteiger partial charge in [-0.25, -0.2) is 4.79 Å². The summed E-state index contributed by atoms with van der Waals surface area (Å²) >= 11 is 0. The van der Waals surface area contributed by atoms with E-state index >= 15 is 0 Å². The van der Waals surface area contributed by atoms with Gasteiger partial charge in [0.2, 0.25) is 0 Å². The van der Waals surface area contributed by atoms with Crippen molar-refractivity contribution in [1.82, 2.24) is 4.57 Å². The van der Waals surface area contributed by atoms with Crippen molar-refractivity contribution in [2.45, 2.75) is 19.9 Å². The molecule has 0 saturated heterocycles. The third-order valence-electron chi connectivity index (χ3n) is 1.80. The quantitative estimate of drug-likeness (QED) is 0.720. The SMILES string of the molecule is CC(C)n1cc(C(=O)O)cc1C=O. The minimum atomic E-state index is -1.01. The first-order valence-corrected chi connectivity index (χ1v) is 3.96. The van der Waals surface area contributed by atoms with Gasteiger partial charge in [-0.3, -0.25) is 4.79 Å². The minimum absolute atomic E-state index is 0.0910. The van der Waals surface area contributed by atoms with Gasteiger partial charge in [0.05, 0.1) is 11.3 Å². The Hall–Kier alpha value is -1.58. The van der Waals surface area contributed by atoms with Gasteiger partial charge in [-0.1, -0.05) is 0 Å². The first-order chi connectivity index (χ1) is 6.06. The smallest absolute Gasteiger partial charge is 0.337 e. The van der Waals surface area contributed by atoms with E-state index in [1.165, 1.54) is 12.3 Å². The van der Waals surface area contributed by atoms with E-state index < -0.39 is 5.97 Å². The maximum Gasteiger partial charge on any atom is 0.337 e. The summed E-state index contributed by atoms with van der Waals surface area (Å²) in [6.07, 6.45) is 2.13. The number of carbonyl (C=O) groups is 2. The Bertz CT molecular complexity index is 339. The molecule has 0 aromatic carbocycles. The summed E-state index contributed by atoms with van der Waals surface area (Å²) in [7, 11) is 0. The molecule has 0 unspecified atom stereocenters. The average Bonchev–Trinajstić information content (AvgIpc) is 2.47. The van der Waals surface area contributed by atoms with Crippen molar-refractivity contribution < 1.29 is 14.7 Å². The summed E-state index contributed by atoms with van der Waals surface area (Å²) < 4.78 is 1.64. The van der Waals surface area contributed by atoms with Crippen molar-refractivity contribution in [3.63, 3.8) is 0 Å². The van der Waals surface area contributed by atoms with Crippen LogP contribution in [0.4, 0.5) is 0 Å². The number of carbonyl (C=O) groups excluding carboxylic acids is 1. The zero-order valence-electron chi connectivity index (χ0n) is 7.52. The summed E-state index contributed by atoms with van der Waals surface area (Å²) in [5, 5.41) is 8.67. The van der Waals surface area contributed by atoms with E-state index in [9.17, 15) is 9.59 Å². The highest BCUT2D eigenvalue weighted by molar-refractivity contribution is 5.90. The van der Waals surface area contributed by atoms with Crippen molar-refractivity contribution in [2.75, 3.05) is 0 Å². The lowest BCUT2D eigenvalue weighted by Gasteiger charge is -2.07. The Morgan fingerprint density at radius 2 is 2.23 bits per heavy atom. The summed E-state index contributed by atoms with van der Waals surface area (Å²) in [5.41, 5.74) is 0.545. The Morgan fingerprint density at radius 3 is 2.54 bits per heavy atom. The Kier molecular flexibility index (Phi) is 2.51. The number of aromatic nitrogens is 1. The molecule has 0 fully saturated rings. The highest BCUT2D eigenvalue weighted by Crippen LogP contribution is 2.13. The molecule has 1 rings (SSSR count). The number of aldehydes is 1. The molecule has 1 heterocycles. The summed E-state index contributed by atoms with van der Waals surface area (Å²) in [4.78, 5) is 21.1. The van der Waals surface area contributed by atoms with Crippen LogP contribution >= 0.6 is 0 Å². The second-order valence-corrected chi connectivity index (χ2v) is 3.08. The zero-order chi connectivity index (χ0) is 10.0. The van der Waals surface area contributed by atoms with Crippen LogP contribution in [0.25, 0.3) is 0 Å². The molecule has 0 amide bonds. The minimum Gasteiger partial charge on any atom is -0.478 e. The maximum atomic E-state index is 10.6. The van der Waals surface area contributed by atoms with Crippen molar-refractivity contribution in [1.29, 1.82) is 0 Å². The van der Waals surface area contributed by atoms with Gasteiger partial charge in [0.1, 0.15) is 0 Å². The van der Waals surface area contributed by atoms with E-state index in [1.807, 2.05) is 13.8 Å². The molecule has 0 saturated carbocycles.